The highest BCUT2D eigenvalue weighted by molar-refractivity contribution is 6.30. The van der Waals surface area contributed by atoms with Crippen molar-refractivity contribution in [3.63, 3.8) is 0 Å². The van der Waals surface area contributed by atoms with Crippen LogP contribution in [0.1, 0.15) is 36.1 Å². The van der Waals surface area contributed by atoms with Gasteiger partial charge in [0, 0.05) is 11.9 Å². The number of benzene rings is 1. The number of alkyl halides is 3. The summed E-state index contributed by atoms with van der Waals surface area (Å²) in [6.07, 6.45) is 0.343. The van der Waals surface area contributed by atoms with E-state index in [9.17, 15) is 17.6 Å². The molecule has 1 aliphatic carbocycles. The Balaban J connectivity index is 2.21. The molecule has 1 atom stereocenters. The second-order valence-corrected chi connectivity index (χ2v) is 7.35. The Labute approximate surface area is 165 Å². The van der Waals surface area contributed by atoms with E-state index >= 15 is 0 Å². The molecule has 0 amide bonds. The summed E-state index contributed by atoms with van der Waals surface area (Å²) in [6.45, 7) is 7.77. The Morgan fingerprint density at radius 1 is 1.21 bits per heavy atom. The summed E-state index contributed by atoms with van der Waals surface area (Å²) in [5.74, 6) is -0.752. The fourth-order valence-corrected chi connectivity index (χ4v) is 3.32. The van der Waals surface area contributed by atoms with Crippen LogP contribution in [0, 0.1) is 11.7 Å². The van der Waals surface area contributed by atoms with Crippen molar-refractivity contribution in [3.05, 3.63) is 89.1 Å². The summed E-state index contributed by atoms with van der Waals surface area (Å²) in [4.78, 5) is 4.31. The minimum Gasteiger partial charge on any atom is -0.374 e. The van der Waals surface area contributed by atoms with E-state index < -0.39 is 23.1 Å². The SMILES string of the molecule is C=CC[C@](NC(=C)C1CC1)(c1cc(F)cc(C(F)(F)F)c1)c1ccc(Cl)cn1. The quantitative estimate of drug-likeness (QED) is 0.432. The van der Waals surface area contributed by atoms with Crippen molar-refractivity contribution < 1.29 is 17.6 Å². The summed E-state index contributed by atoms with van der Waals surface area (Å²) >= 11 is 5.93. The maximum absolute atomic E-state index is 14.2. The Hall–Kier alpha value is -2.34. The van der Waals surface area contributed by atoms with Gasteiger partial charge in [-0.25, -0.2) is 4.39 Å². The Bertz CT molecular complexity index is 888. The van der Waals surface area contributed by atoms with Crippen LogP contribution < -0.4 is 5.32 Å². The summed E-state index contributed by atoms with van der Waals surface area (Å²) < 4.78 is 54.2. The second kappa shape index (κ2) is 7.59. The lowest BCUT2D eigenvalue weighted by molar-refractivity contribution is -0.137. The Morgan fingerprint density at radius 2 is 1.89 bits per heavy atom. The molecule has 3 rings (SSSR count). The summed E-state index contributed by atoms with van der Waals surface area (Å²) in [7, 11) is 0. The zero-order valence-corrected chi connectivity index (χ0v) is 15.7. The van der Waals surface area contributed by atoms with Gasteiger partial charge in [-0.05, 0) is 61.1 Å². The highest BCUT2D eigenvalue weighted by Gasteiger charge is 2.40. The van der Waals surface area contributed by atoms with Crippen molar-refractivity contribution in [2.24, 2.45) is 5.92 Å². The summed E-state index contributed by atoms with van der Waals surface area (Å²) in [5.41, 5.74) is -1.15. The first-order valence-corrected chi connectivity index (χ1v) is 9.11. The van der Waals surface area contributed by atoms with Crippen LogP contribution in [0.2, 0.25) is 5.02 Å². The number of allylic oxidation sites excluding steroid dienone is 1. The predicted molar refractivity (Wildman–Crippen MR) is 101 cm³/mol. The van der Waals surface area contributed by atoms with Gasteiger partial charge in [-0.1, -0.05) is 24.3 Å². The van der Waals surface area contributed by atoms with Gasteiger partial charge in [0.15, 0.2) is 0 Å². The molecule has 1 saturated carbocycles. The van der Waals surface area contributed by atoms with Gasteiger partial charge in [0.05, 0.1) is 16.3 Å². The number of nitrogens with one attached hydrogen (secondary N) is 1. The zero-order valence-electron chi connectivity index (χ0n) is 15.0. The molecule has 0 radical (unpaired) electrons. The van der Waals surface area contributed by atoms with Gasteiger partial charge in [0.1, 0.15) is 11.4 Å². The average Bonchev–Trinajstić information content (AvgIpc) is 3.46. The van der Waals surface area contributed by atoms with Gasteiger partial charge in [-0.15, -0.1) is 6.58 Å². The van der Waals surface area contributed by atoms with Crippen LogP contribution in [-0.4, -0.2) is 4.98 Å². The van der Waals surface area contributed by atoms with E-state index in [4.69, 9.17) is 11.6 Å². The van der Waals surface area contributed by atoms with Crippen LogP contribution in [0.4, 0.5) is 17.6 Å². The molecule has 28 heavy (non-hydrogen) atoms. The van der Waals surface area contributed by atoms with E-state index in [1.54, 1.807) is 18.2 Å². The maximum Gasteiger partial charge on any atom is 0.416 e. The number of halogens is 5. The molecule has 7 heteroatoms. The van der Waals surface area contributed by atoms with E-state index in [0.717, 1.165) is 25.0 Å². The molecule has 0 unspecified atom stereocenters. The van der Waals surface area contributed by atoms with Crippen LogP contribution in [0.3, 0.4) is 0 Å². The van der Waals surface area contributed by atoms with Crippen LogP contribution >= 0.6 is 11.6 Å². The zero-order chi connectivity index (χ0) is 20.5. The Kier molecular flexibility index (Phi) is 5.53. The minimum absolute atomic E-state index is 0.0938. The molecule has 148 valence electrons. The van der Waals surface area contributed by atoms with E-state index in [0.29, 0.717) is 22.5 Å². The molecule has 1 aromatic carbocycles. The molecule has 1 aromatic heterocycles. The van der Waals surface area contributed by atoms with Gasteiger partial charge >= 0.3 is 6.18 Å². The number of rotatable bonds is 7. The van der Waals surface area contributed by atoms with E-state index in [2.05, 4.69) is 23.5 Å². The van der Waals surface area contributed by atoms with Crippen LogP contribution in [0.15, 0.2) is 61.5 Å². The monoisotopic (exact) mass is 410 g/mol. The van der Waals surface area contributed by atoms with Gasteiger partial charge in [-0.2, -0.15) is 13.2 Å². The number of hydrogen-bond acceptors (Lipinski definition) is 2. The van der Waals surface area contributed by atoms with Gasteiger partial charge in [0.2, 0.25) is 0 Å². The molecule has 2 nitrogen and oxygen atoms in total. The van der Waals surface area contributed by atoms with Crippen molar-refractivity contribution in [1.29, 1.82) is 0 Å². The molecular formula is C21H19ClF4N2. The maximum atomic E-state index is 14.2. The molecule has 1 fully saturated rings. The van der Waals surface area contributed by atoms with Crippen molar-refractivity contribution in [2.45, 2.75) is 31.0 Å². The predicted octanol–water partition coefficient (Wildman–Crippen LogP) is 6.23. The van der Waals surface area contributed by atoms with Crippen LogP contribution in [-0.2, 0) is 11.7 Å². The van der Waals surface area contributed by atoms with Crippen molar-refractivity contribution in [1.82, 2.24) is 10.3 Å². The number of nitrogens with zero attached hydrogens (tertiary/aromatic N) is 1. The van der Waals surface area contributed by atoms with Gasteiger partial charge in [0.25, 0.3) is 0 Å². The Morgan fingerprint density at radius 3 is 2.43 bits per heavy atom. The van der Waals surface area contributed by atoms with Gasteiger partial charge in [-0.3, -0.25) is 4.98 Å². The standard InChI is InChI=1S/C21H19ClF4N2/c1-3-8-20(28-13(2)14-4-5-14,19-7-6-17(22)12-27-19)15-9-16(21(24,25)26)11-18(23)10-15/h3,6-7,9-12,14,28H,1-2,4-5,8H2/t20-/m0/s1. The third kappa shape index (κ3) is 4.22. The fourth-order valence-electron chi connectivity index (χ4n) is 3.21. The number of aromatic nitrogens is 1. The van der Waals surface area contributed by atoms with E-state index in [1.165, 1.54) is 6.20 Å². The van der Waals surface area contributed by atoms with E-state index in [1.807, 2.05) is 0 Å². The molecular weight excluding hydrogens is 392 g/mol. The first kappa shape index (κ1) is 20.4. The van der Waals surface area contributed by atoms with Crippen LogP contribution in [0.5, 0.6) is 0 Å². The highest BCUT2D eigenvalue weighted by atomic mass is 35.5. The smallest absolute Gasteiger partial charge is 0.374 e. The minimum atomic E-state index is -4.68. The van der Waals surface area contributed by atoms with Crippen LogP contribution in [0.25, 0.3) is 0 Å². The second-order valence-electron chi connectivity index (χ2n) is 6.91. The topological polar surface area (TPSA) is 24.9 Å². The van der Waals surface area contributed by atoms with Gasteiger partial charge < -0.3 is 5.32 Å². The lowest BCUT2D eigenvalue weighted by Crippen LogP contribution is -2.44. The summed E-state index contributed by atoms with van der Waals surface area (Å²) in [6, 6.07) is 5.70. The molecule has 0 saturated heterocycles. The lowest BCUT2D eigenvalue weighted by Gasteiger charge is -2.36. The van der Waals surface area contributed by atoms with Crippen molar-refractivity contribution in [2.75, 3.05) is 0 Å². The average molecular weight is 411 g/mol. The third-order valence-corrected chi connectivity index (χ3v) is 5.00. The molecule has 1 N–H and O–H groups in total. The first-order valence-electron chi connectivity index (χ1n) is 8.74. The number of pyridine rings is 1. The molecule has 0 aliphatic heterocycles. The van der Waals surface area contributed by atoms with E-state index in [-0.39, 0.29) is 17.9 Å². The molecule has 0 spiro atoms. The fraction of sp³-hybridized carbons (Fsp3) is 0.286. The molecule has 2 aromatic rings. The molecule has 0 bridgehead atoms. The van der Waals surface area contributed by atoms with Crippen molar-refractivity contribution in [3.8, 4) is 0 Å². The molecule has 1 aliphatic rings. The summed E-state index contributed by atoms with van der Waals surface area (Å²) in [5, 5.41) is 3.63. The highest BCUT2D eigenvalue weighted by Crippen LogP contribution is 2.41. The lowest BCUT2D eigenvalue weighted by atomic mass is 9.81. The molecule has 1 heterocycles. The largest absolute Gasteiger partial charge is 0.416 e. The first-order chi connectivity index (χ1) is 13.2. The third-order valence-electron chi connectivity index (χ3n) is 4.78. The number of hydrogen-bond donors (Lipinski definition) is 1. The normalized spacial score (nSPS) is 16.3. The van der Waals surface area contributed by atoms with Crippen molar-refractivity contribution >= 4 is 11.6 Å².